The second-order valence-electron chi connectivity index (χ2n) is 7.91. The third-order valence-electron chi connectivity index (χ3n) is 5.40. The first-order valence-corrected chi connectivity index (χ1v) is 12.1. The van der Waals surface area contributed by atoms with Gasteiger partial charge >= 0.3 is 5.97 Å². The Morgan fingerprint density at radius 3 is 2.59 bits per heavy atom. The Morgan fingerprint density at radius 1 is 1.24 bits per heavy atom. The lowest BCUT2D eigenvalue weighted by Crippen LogP contribution is -2.32. The number of carboxylic acid groups (broad SMARTS) is 1. The zero-order chi connectivity index (χ0) is 23.6. The summed E-state index contributed by atoms with van der Waals surface area (Å²) >= 11 is 0. The normalized spacial score (nSPS) is 13.5. The van der Waals surface area contributed by atoms with Crippen LogP contribution in [-0.2, 0) is 21.4 Å². The summed E-state index contributed by atoms with van der Waals surface area (Å²) in [7, 11) is -3.69. The van der Waals surface area contributed by atoms with E-state index in [0.717, 1.165) is 19.3 Å². The van der Waals surface area contributed by atoms with E-state index in [4.69, 9.17) is 5.11 Å². The Hall–Kier alpha value is -3.15. The van der Waals surface area contributed by atoms with Crippen molar-refractivity contribution >= 4 is 50.2 Å². The van der Waals surface area contributed by atoms with Crippen molar-refractivity contribution in [2.45, 2.75) is 50.1 Å². The second kappa shape index (κ2) is 10.4. The van der Waals surface area contributed by atoms with Crippen molar-refractivity contribution in [1.82, 2.24) is 24.2 Å². The first-order chi connectivity index (χ1) is 15.8. The van der Waals surface area contributed by atoms with Gasteiger partial charge in [0, 0.05) is 41.1 Å². The van der Waals surface area contributed by atoms with E-state index in [-0.39, 0.29) is 35.4 Å². The number of aromatic nitrogens is 4. The van der Waals surface area contributed by atoms with Crippen LogP contribution in [0.4, 0.5) is 0 Å². The van der Waals surface area contributed by atoms with Gasteiger partial charge in [-0.1, -0.05) is 6.92 Å². The Morgan fingerprint density at radius 2 is 2.00 bits per heavy atom. The van der Waals surface area contributed by atoms with Gasteiger partial charge < -0.3 is 20.1 Å². The van der Waals surface area contributed by atoms with Crippen molar-refractivity contribution < 1.29 is 18.3 Å². The molecular weight excluding hydrogens is 482 g/mol. The predicted molar refractivity (Wildman–Crippen MR) is 131 cm³/mol. The zero-order valence-corrected chi connectivity index (χ0v) is 20.1. The molecule has 1 saturated carbocycles. The second-order valence-corrected chi connectivity index (χ2v) is 9.80. The highest BCUT2D eigenvalue weighted by molar-refractivity contribution is 7.89. The molecule has 0 saturated heterocycles. The van der Waals surface area contributed by atoms with Crippen molar-refractivity contribution in [3.8, 4) is 0 Å². The minimum absolute atomic E-state index is 0. The van der Waals surface area contributed by atoms with Gasteiger partial charge in [-0.15, -0.1) is 12.4 Å². The molecule has 3 aromatic heterocycles. The summed E-state index contributed by atoms with van der Waals surface area (Å²) in [5.41, 5.74) is 1.50. The van der Waals surface area contributed by atoms with Gasteiger partial charge in [-0.3, -0.25) is 9.59 Å². The minimum atomic E-state index is -3.69. The SMILES string of the molecule is CCCC(=O)O.Cl.O=c1[nH]c2ccc(S(=O)(=O)N(Cc3c[nH]cn3)C3CC3)cc2c2cc[nH]c12. The number of rotatable bonds is 7. The number of nitrogens with one attached hydrogen (secondary N) is 3. The van der Waals surface area contributed by atoms with Crippen molar-refractivity contribution in [2.24, 2.45) is 0 Å². The van der Waals surface area contributed by atoms with Crippen LogP contribution in [-0.4, -0.2) is 49.8 Å². The van der Waals surface area contributed by atoms with Gasteiger partial charge in [0.2, 0.25) is 10.0 Å². The van der Waals surface area contributed by atoms with Crippen molar-refractivity contribution in [1.29, 1.82) is 0 Å². The number of H-pyrrole nitrogens is 3. The standard InChI is InChI=1S/C18H17N5O3S.C4H8O2.ClH/c24-18-17-14(5-6-20-17)15-7-13(3-4-16(15)22-18)27(25,26)23(12-1-2-12)9-11-8-19-10-21-11;1-2-3-4(5)6;/h3-8,10,12,20H,1-2,9H2,(H,19,21)(H,22,24);2-3H2,1H3,(H,5,6);1H. The van der Waals surface area contributed by atoms with Crippen molar-refractivity contribution in [3.05, 3.63) is 59.0 Å². The molecule has 0 aliphatic heterocycles. The number of hydrogen-bond donors (Lipinski definition) is 4. The van der Waals surface area contributed by atoms with Crippen molar-refractivity contribution in [2.75, 3.05) is 0 Å². The Bertz CT molecular complexity index is 1440. The topological polar surface area (TPSA) is 152 Å². The van der Waals surface area contributed by atoms with Gasteiger partial charge in [0.05, 0.1) is 23.5 Å². The van der Waals surface area contributed by atoms with E-state index in [2.05, 4.69) is 19.9 Å². The van der Waals surface area contributed by atoms with Crippen LogP contribution in [0.25, 0.3) is 21.8 Å². The highest BCUT2D eigenvalue weighted by Crippen LogP contribution is 2.34. The first kappa shape index (κ1) is 25.5. The Kier molecular flexibility index (Phi) is 7.80. The summed E-state index contributed by atoms with van der Waals surface area (Å²) in [5, 5.41) is 9.31. The number of fused-ring (bicyclic) bond motifs is 3. The van der Waals surface area contributed by atoms with E-state index in [0.29, 0.717) is 33.9 Å². The molecular formula is C22H26ClN5O5S. The molecule has 10 nitrogen and oxygen atoms in total. The number of hydrogen-bond acceptors (Lipinski definition) is 5. The third-order valence-corrected chi connectivity index (χ3v) is 7.30. The van der Waals surface area contributed by atoms with Crippen LogP contribution >= 0.6 is 12.4 Å². The smallest absolute Gasteiger partial charge is 0.303 e. The van der Waals surface area contributed by atoms with E-state index >= 15 is 0 Å². The molecule has 1 aliphatic carbocycles. The maximum atomic E-state index is 13.3. The van der Waals surface area contributed by atoms with Crippen molar-refractivity contribution in [3.63, 3.8) is 0 Å². The molecule has 1 fully saturated rings. The molecule has 0 spiro atoms. The number of aliphatic carboxylic acids is 1. The van der Waals surface area contributed by atoms with Crippen LogP contribution in [0, 0.1) is 0 Å². The average Bonchev–Trinajstić information content (AvgIpc) is 3.25. The molecule has 182 valence electrons. The van der Waals surface area contributed by atoms with Crippen LogP contribution in [0.3, 0.4) is 0 Å². The number of nitrogens with zero attached hydrogens (tertiary/aromatic N) is 2. The fourth-order valence-corrected chi connectivity index (χ4v) is 5.32. The molecule has 0 unspecified atom stereocenters. The maximum Gasteiger partial charge on any atom is 0.303 e. The molecule has 1 aromatic carbocycles. The minimum Gasteiger partial charge on any atom is -0.481 e. The molecule has 0 atom stereocenters. The molecule has 34 heavy (non-hydrogen) atoms. The molecule has 12 heteroatoms. The zero-order valence-electron chi connectivity index (χ0n) is 18.4. The monoisotopic (exact) mass is 507 g/mol. The van der Waals surface area contributed by atoms with Gasteiger partial charge in [-0.25, -0.2) is 13.4 Å². The number of aromatic amines is 3. The molecule has 4 N–H and O–H groups in total. The van der Waals surface area contributed by atoms with Crippen LogP contribution in [0.5, 0.6) is 0 Å². The number of benzene rings is 1. The molecule has 5 rings (SSSR count). The van der Waals surface area contributed by atoms with Gasteiger partial charge in [0.25, 0.3) is 5.56 Å². The lowest BCUT2D eigenvalue weighted by molar-refractivity contribution is -0.137. The maximum absolute atomic E-state index is 13.3. The largest absolute Gasteiger partial charge is 0.481 e. The van der Waals surface area contributed by atoms with Gasteiger partial charge in [0.1, 0.15) is 5.52 Å². The number of carbonyl (C=O) groups is 1. The molecule has 4 aromatic rings. The highest BCUT2D eigenvalue weighted by Gasteiger charge is 2.38. The third kappa shape index (κ3) is 5.32. The van der Waals surface area contributed by atoms with E-state index in [1.54, 1.807) is 43.0 Å². The fourth-order valence-electron chi connectivity index (χ4n) is 3.64. The molecule has 0 radical (unpaired) electrons. The van der Waals surface area contributed by atoms with E-state index < -0.39 is 16.0 Å². The summed E-state index contributed by atoms with van der Waals surface area (Å²) in [6.45, 7) is 2.08. The highest BCUT2D eigenvalue weighted by atomic mass is 35.5. The molecule has 3 heterocycles. The van der Waals surface area contributed by atoms with Crippen LogP contribution in [0.1, 0.15) is 38.3 Å². The van der Waals surface area contributed by atoms with Gasteiger partial charge in [-0.05, 0) is 43.5 Å². The van der Waals surface area contributed by atoms with E-state index in [9.17, 15) is 18.0 Å². The van der Waals surface area contributed by atoms with Gasteiger partial charge in [0.15, 0.2) is 0 Å². The van der Waals surface area contributed by atoms with Gasteiger partial charge in [-0.2, -0.15) is 4.31 Å². The lowest BCUT2D eigenvalue weighted by atomic mass is 10.1. The Labute approximate surface area is 201 Å². The summed E-state index contributed by atoms with van der Waals surface area (Å²) in [5.74, 6) is -0.711. The van der Waals surface area contributed by atoms with E-state index in [1.807, 2.05) is 6.92 Å². The summed E-state index contributed by atoms with van der Waals surface area (Å²) in [6.07, 6.45) is 7.66. The van der Waals surface area contributed by atoms with Crippen LogP contribution < -0.4 is 5.56 Å². The first-order valence-electron chi connectivity index (χ1n) is 10.7. The lowest BCUT2D eigenvalue weighted by Gasteiger charge is -2.21. The Balaban J connectivity index is 0.000000415. The summed E-state index contributed by atoms with van der Waals surface area (Å²) in [4.78, 5) is 34.6. The number of carboxylic acids is 1. The predicted octanol–water partition coefficient (Wildman–Crippen LogP) is 3.38. The summed E-state index contributed by atoms with van der Waals surface area (Å²) < 4.78 is 28.2. The quantitative estimate of drug-likeness (QED) is 0.301. The molecule has 0 amide bonds. The molecule has 0 bridgehead atoms. The number of imidazole rings is 1. The fraction of sp³-hybridized carbons (Fsp3) is 0.318. The number of sulfonamides is 1. The molecule has 1 aliphatic rings. The number of pyridine rings is 1. The number of halogens is 1. The van der Waals surface area contributed by atoms with Crippen LogP contribution in [0.2, 0.25) is 0 Å². The van der Waals surface area contributed by atoms with E-state index in [1.165, 1.54) is 4.31 Å². The van der Waals surface area contributed by atoms with Crippen LogP contribution in [0.15, 0.2) is 52.7 Å². The average molecular weight is 508 g/mol. The summed E-state index contributed by atoms with van der Waals surface area (Å²) in [6, 6.07) is 6.62.